The van der Waals surface area contributed by atoms with Gasteiger partial charge in [-0.2, -0.15) is 0 Å². The van der Waals surface area contributed by atoms with E-state index in [4.69, 9.17) is 4.74 Å². The number of carbonyl (C=O) groups excluding carboxylic acids is 2. The third-order valence-corrected chi connectivity index (χ3v) is 5.03. The number of halogens is 1. The Morgan fingerprint density at radius 2 is 1.85 bits per heavy atom. The zero-order valence-corrected chi connectivity index (χ0v) is 16.2. The van der Waals surface area contributed by atoms with Gasteiger partial charge in [0.2, 0.25) is 0 Å². The Balaban J connectivity index is 1.57. The minimum Gasteiger partial charge on any atom is -0.496 e. The molecule has 0 spiro atoms. The molecule has 1 fully saturated rings. The maximum atomic E-state index is 12.6. The number of hydrogen-bond donors (Lipinski definition) is 1. The quantitative estimate of drug-likeness (QED) is 0.829. The van der Waals surface area contributed by atoms with E-state index in [0.29, 0.717) is 30.0 Å². The maximum absolute atomic E-state index is 12.6. The van der Waals surface area contributed by atoms with Gasteiger partial charge in [-0.3, -0.25) is 9.59 Å². The summed E-state index contributed by atoms with van der Waals surface area (Å²) < 4.78 is 6.14. The molecule has 0 radical (unpaired) electrons. The van der Waals surface area contributed by atoms with Crippen LogP contribution in [0.2, 0.25) is 0 Å². The zero-order valence-electron chi connectivity index (χ0n) is 14.6. The maximum Gasteiger partial charge on any atom is 0.255 e. The van der Waals surface area contributed by atoms with Gasteiger partial charge >= 0.3 is 0 Å². The molecule has 26 heavy (non-hydrogen) atoms. The number of nitrogens with zero attached hydrogens (tertiary/aromatic N) is 1. The summed E-state index contributed by atoms with van der Waals surface area (Å²) in [4.78, 5) is 26.9. The molecular formula is C20H21BrN2O3. The number of para-hydroxylation sites is 1. The number of carbonyl (C=O) groups is 2. The molecule has 1 N–H and O–H groups in total. The zero-order chi connectivity index (χ0) is 18.5. The molecule has 0 saturated carbocycles. The Hall–Kier alpha value is -2.34. The van der Waals surface area contributed by atoms with Crippen molar-refractivity contribution in [3.05, 3.63) is 64.1 Å². The van der Waals surface area contributed by atoms with E-state index in [0.717, 1.165) is 17.3 Å². The Bertz CT molecular complexity index is 801. The fraction of sp³-hybridized carbons (Fsp3) is 0.300. The second-order valence-corrected chi connectivity index (χ2v) is 7.17. The van der Waals surface area contributed by atoms with Crippen LogP contribution in [0.15, 0.2) is 53.0 Å². The molecule has 6 heteroatoms. The Labute approximate surface area is 161 Å². The van der Waals surface area contributed by atoms with Gasteiger partial charge in [0.05, 0.1) is 12.7 Å². The lowest BCUT2D eigenvalue weighted by atomic mass is 10.0. The first-order chi connectivity index (χ1) is 12.6. The van der Waals surface area contributed by atoms with Gasteiger partial charge in [-0.1, -0.05) is 34.1 Å². The molecule has 1 heterocycles. The largest absolute Gasteiger partial charge is 0.496 e. The average Bonchev–Trinajstić information content (AvgIpc) is 2.68. The predicted molar refractivity (Wildman–Crippen MR) is 104 cm³/mol. The third-order valence-electron chi connectivity index (χ3n) is 4.54. The normalized spacial score (nSPS) is 14.8. The van der Waals surface area contributed by atoms with Crippen molar-refractivity contribution in [3.8, 4) is 5.75 Å². The number of benzene rings is 2. The fourth-order valence-corrected chi connectivity index (χ4v) is 3.53. The van der Waals surface area contributed by atoms with Gasteiger partial charge in [0.1, 0.15) is 5.75 Å². The minimum atomic E-state index is -0.140. The molecule has 0 bridgehead atoms. The highest BCUT2D eigenvalue weighted by Gasteiger charge is 2.25. The topological polar surface area (TPSA) is 58.6 Å². The molecule has 2 aromatic rings. The van der Waals surface area contributed by atoms with Crippen molar-refractivity contribution in [3.63, 3.8) is 0 Å². The predicted octanol–water partition coefficient (Wildman–Crippen LogP) is 3.49. The first-order valence-corrected chi connectivity index (χ1v) is 9.36. The number of hydrogen-bond acceptors (Lipinski definition) is 3. The van der Waals surface area contributed by atoms with E-state index in [1.54, 1.807) is 19.2 Å². The van der Waals surface area contributed by atoms with Crippen molar-refractivity contribution < 1.29 is 14.3 Å². The Morgan fingerprint density at radius 3 is 2.54 bits per heavy atom. The van der Waals surface area contributed by atoms with Crippen molar-refractivity contribution >= 4 is 27.7 Å². The fourth-order valence-electron chi connectivity index (χ4n) is 3.13. The van der Waals surface area contributed by atoms with Crippen molar-refractivity contribution in [1.29, 1.82) is 0 Å². The molecule has 0 unspecified atom stereocenters. The summed E-state index contributed by atoms with van der Waals surface area (Å²) in [5.74, 6) is 0.451. The molecule has 0 aromatic heterocycles. The lowest BCUT2D eigenvalue weighted by Gasteiger charge is -2.32. The molecule has 0 aliphatic carbocycles. The van der Waals surface area contributed by atoms with E-state index in [-0.39, 0.29) is 17.9 Å². The van der Waals surface area contributed by atoms with E-state index in [9.17, 15) is 9.59 Å². The second-order valence-electron chi connectivity index (χ2n) is 6.25. The molecule has 1 aliphatic rings. The van der Waals surface area contributed by atoms with Gasteiger partial charge in [0.25, 0.3) is 11.8 Å². The molecule has 1 saturated heterocycles. The van der Waals surface area contributed by atoms with Gasteiger partial charge < -0.3 is 15.0 Å². The molecule has 136 valence electrons. The Morgan fingerprint density at radius 1 is 1.12 bits per heavy atom. The number of ether oxygens (including phenoxy) is 1. The van der Waals surface area contributed by atoms with Crippen LogP contribution < -0.4 is 10.1 Å². The van der Waals surface area contributed by atoms with E-state index in [1.807, 2.05) is 41.3 Å². The first-order valence-electron chi connectivity index (χ1n) is 8.57. The molecule has 3 rings (SSSR count). The summed E-state index contributed by atoms with van der Waals surface area (Å²) in [5, 5.41) is 3.05. The smallest absolute Gasteiger partial charge is 0.255 e. The third kappa shape index (κ3) is 4.25. The van der Waals surface area contributed by atoms with Crippen molar-refractivity contribution in [2.75, 3.05) is 20.2 Å². The van der Waals surface area contributed by atoms with Gasteiger partial charge in [0.15, 0.2) is 0 Å². The van der Waals surface area contributed by atoms with Crippen molar-refractivity contribution in [2.45, 2.75) is 18.9 Å². The lowest BCUT2D eigenvalue weighted by molar-refractivity contribution is 0.0698. The van der Waals surface area contributed by atoms with Crippen molar-refractivity contribution in [1.82, 2.24) is 10.2 Å². The highest BCUT2D eigenvalue weighted by atomic mass is 79.9. The SMILES string of the molecule is COc1ccccc1C(=O)NC1CCN(C(=O)c2cccc(Br)c2)CC1. The minimum absolute atomic E-state index is 0.0285. The van der Waals surface area contributed by atoms with Crippen LogP contribution in [0.4, 0.5) is 0 Å². The number of amides is 2. The van der Waals surface area contributed by atoms with Gasteiger partial charge in [-0.15, -0.1) is 0 Å². The standard InChI is InChI=1S/C20H21BrN2O3/c1-26-18-8-3-2-7-17(18)19(24)22-16-9-11-23(12-10-16)20(25)14-5-4-6-15(21)13-14/h2-8,13,16H,9-12H2,1H3,(H,22,24). The molecule has 5 nitrogen and oxygen atoms in total. The van der Waals surface area contributed by atoms with Crippen LogP contribution in [0.3, 0.4) is 0 Å². The summed E-state index contributed by atoms with van der Waals surface area (Å²) in [6, 6.07) is 14.6. The van der Waals surface area contributed by atoms with Crippen LogP contribution in [-0.2, 0) is 0 Å². The van der Waals surface area contributed by atoms with Gasteiger partial charge in [0, 0.05) is 29.2 Å². The van der Waals surface area contributed by atoms with Crippen molar-refractivity contribution in [2.24, 2.45) is 0 Å². The number of nitrogens with one attached hydrogen (secondary N) is 1. The summed E-state index contributed by atoms with van der Waals surface area (Å²) in [7, 11) is 1.55. The van der Waals surface area contributed by atoms with E-state index >= 15 is 0 Å². The molecule has 2 amide bonds. The van der Waals surface area contributed by atoms with Crippen LogP contribution >= 0.6 is 15.9 Å². The van der Waals surface area contributed by atoms with Crippen LogP contribution in [0.25, 0.3) is 0 Å². The summed E-state index contributed by atoms with van der Waals surface area (Å²) >= 11 is 3.40. The van der Waals surface area contributed by atoms with Crippen LogP contribution in [0, 0.1) is 0 Å². The molecule has 0 atom stereocenters. The monoisotopic (exact) mass is 416 g/mol. The molecule has 2 aromatic carbocycles. The molecular weight excluding hydrogens is 396 g/mol. The Kier molecular flexibility index (Phi) is 5.93. The highest BCUT2D eigenvalue weighted by Crippen LogP contribution is 2.20. The van der Waals surface area contributed by atoms with Crippen LogP contribution in [0.1, 0.15) is 33.6 Å². The van der Waals surface area contributed by atoms with Gasteiger partial charge in [-0.05, 0) is 43.2 Å². The summed E-state index contributed by atoms with van der Waals surface area (Å²) in [5.41, 5.74) is 1.21. The van der Waals surface area contributed by atoms with E-state index < -0.39 is 0 Å². The van der Waals surface area contributed by atoms with Crippen LogP contribution in [0.5, 0.6) is 5.75 Å². The summed E-state index contributed by atoms with van der Waals surface area (Å²) in [6.45, 7) is 1.25. The number of rotatable bonds is 4. The second kappa shape index (κ2) is 8.36. The lowest BCUT2D eigenvalue weighted by Crippen LogP contribution is -2.46. The van der Waals surface area contributed by atoms with E-state index in [2.05, 4.69) is 21.2 Å². The van der Waals surface area contributed by atoms with Gasteiger partial charge in [-0.25, -0.2) is 0 Å². The average molecular weight is 417 g/mol. The van der Waals surface area contributed by atoms with Crippen LogP contribution in [-0.4, -0.2) is 43.0 Å². The molecule has 1 aliphatic heterocycles. The number of methoxy groups -OCH3 is 1. The summed E-state index contributed by atoms with van der Waals surface area (Å²) in [6.07, 6.45) is 1.47. The number of piperidine rings is 1. The number of likely N-dealkylation sites (tertiary alicyclic amines) is 1. The van der Waals surface area contributed by atoms with E-state index in [1.165, 1.54) is 0 Å². The first kappa shape index (κ1) is 18.5. The highest BCUT2D eigenvalue weighted by molar-refractivity contribution is 9.10.